The maximum absolute atomic E-state index is 13.9. The number of pyridine rings is 1. The number of carboxylic acids is 1. The molecule has 13 heteroatoms. The first-order chi connectivity index (χ1) is 23.3. The first-order valence-electron chi connectivity index (χ1n) is 15.8. The highest BCUT2D eigenvalue weighted by molar-refractivity contribution is 6.36. The van der Waals surface area contributed by atoms with Gasteiger partial charge in [-0.05, 0) is 81.6 Å². The third-order valence-electron chi connectivity index (χ3n) is 9.06. The number of fused-ring (bicyclic) bond motifs is 1. The number of aromatic nitrogens is 4. The number of carboxylic acid groups (broad SMARTS) is 1. The number of nitriles is 1. The van der Waals surface area contributed by atoms with E-state index < -0.39 is 17.8 Å². The Kier molecular flexibility index (Phi) is 9.49. The Morgan fingerprint density at radius 1 is 1.12 bits per heavy atom. The molecule has 0 amide bonds. The molecule has 1 atom stereocenters. The largest absolute Gasteiger partial charge is 0.478 e. The van der Waals surface area contributed by atoms with Gasteiger partial charge in [-0.25, -0.2) is 13.9 Å². The summed E-state index contributed by atoms with van der Waals surface area (Å²) in [5.74, 6) is -1.61. The highest BCUT2D eigenvalue weighted by Gasteiger charge is 2.30. The number of nitrogens with one attached hydrogen (secondary N) is 1. The van der Waals surface area contributed by atoms with Crippen molar-refractivity contribution in [1.29, 1.82) is 5.26 Å². The quantitative estimate of drug-likeness (QED) is 0.165. The van der Waals surface area contributed by atoms with E-state index in [1.807, 2.05) is 35.0 Å². The van der Waals surface area contributed by atoms with Crippen LogP contribution in [0.1, 0.15) is 72.9 Å². The molecule has 1 aliphatic heterocycles. The Morgan fingerprint density at radius 3 is 2.55 bits per heavy atom. The third-order valence-corrected chi connectivity index (χ3v) is 9.64. The highest BCUT2D eigenvalue weighted by atomic mass is 35.5. The predicted molar refractivity (Wildman–Crippen MR) is 189 cm³/mol. The molecular weight excluding hydrogens is 666 g/mol. The maximum atomic E-state index is 13.9. The van der Waals surface area contributed by atoms with Crippen molar-refractivity contribution in [3.63, 3.8) is 0 Å². The van der Waals surface area contributed by atoms with Crippen LogP contribution in [0.15, 0.2) is 67.0 Å². The summed E-state index contributed by atoms with van der Waals surface area (Å²) in [5.41, 5.74) is 3.78. The number of benzene rings is 3. The fraction of sp³-hybridized carbons (Fsp3) is 0.306. The maximum Gasteiger partial charge on any atom is 0.335 e. The molecule has 2 N–H and O–H groups in total. The molecule has 0 unspecified atom stereocenters. The van der Waals surface area contributed by atoms with Crippen LogP contribution in [0.4, 0.5) is 21.5 Å². The fourth-order valence-electron chi connectivity index (χ4n) is 6.37. The van der Waals surface area contributed by atoms with E-state index in [0.717, 1.165) is 25.9 Å². The number of anilines is 3. The van der Waals surface area contributed by atoms with Crippen molar-refractivity contribution in [3.8, 4) is 6.07 Å². The summed E-state index contributed by atoms with van der Waals surface area (Å²) in [6.45, 7) is 8.56. The second-order valence-corrected chi connectivity index (χ2v) is 14.0. The third kappa shape index (κ3) is 7.04. The standard InChI is InChI=1S/C36H35Cl2FN8O2/c1-36(2,3)46-12-10-25(11-13-46)47-20-31(43-44-47)34(21-6-5-7-22(14-21)35(48)49)45(4)26-16-27-32(42-24-8-9-30(39)28(37)15-24)23(18-40)19-41-33(27)29(38)17-26/h5-9,14-17,19-20,25,34H,10-13H2,1-4H3,(H,41,42)(H,48,49)/t34-/m0/s1. The lowest BCUT2D eigenvalue weighted by atomic mass is 9.97. The van der Waals surface area contributed by atoms with Crippen LogP contribution in [0, 0.1) is 17.1 Å². The number of rotatable bonds is 8. The minimum atomic E-state index is -1.04. The number of piperidine rings is 1. The zero-order valence-electron chi connectivity index (χ0n) is 27.5. The van der Waals surface area contributed by atoms with Gasteiger partial charge in [0.2, 0.25) is 0 Å². The lowest BCUT2D eigenvalue weighted by Gasteiger charge is -2.40. The van der Waals surface area contributed by atoms with Crippen LogP contribution in [0.3, 0.4) is 0 Å². The lowest BCUT2D eigenvalue weighted by Crippen LogP contribution is -2.46. The molecule has 5 aromatic rings. The molecule has 6 rings (SSSR count). The summed E-state index contributed by atoms with van der Waals surface area (Å²) < 4.78 is 15.9. The van der Waals surface area contributed by atoms with Crippen LogP contribution in [0.25, 0.3) is 10.9 Å². The first-order valence-corrected chi connectivity index (χ1v) is 16.6. The molecule has 0 spiro atoms. The van der Waals surface area contributed by atoms with Gasteiger partial charge in [0, 0.05) is 48.6 Å². The van der Waals surface area contributed by atoms with E-state index in [1.54, 1.807) is 24.3 Å². The number of carbonyl (C=O) groups is 1. The second kappa shape index (κ2) is 13.6. The Bertz CT molecular complexity index is 2080. The van der Waals surface area contributed by atoms with Gasteiger partial charge in [0.15, 0.2) is 0 Å². The van der Waals surface area contributed by atoms with Crippen LogP contribution in [0.2, 0.25) is 10.0 Å². The number of halogens is 3. The predicted octanol–water partition coefficient (Wildman–Crippen LogP) is 8.25. The second-order valence-electron chi connectivity index (χ2n) is 13.2. The molecule has 0 aliphatic carbocycles. The Hall–Kier alpha value is -4.76. The van der Waals surface area contributed by atoms with Gasteiger partial charge in [0.25, 0.3) is 0 Å². The summed E-state index contributed by atoms with van der Waals surface area (Å²) in [5, 5.41) is 33.0. The van der Waals surface area contributed by atoms with Crippen LogP contribution in [-0.4, -0.2) is 61.6 Å². The van der Waals surface area contributed by atoms with Gasteiger partial charge in [-0.15, -0.1) is 5.10 Å². The highest BCUT2D eigenvalue weighted by Crippen LogP contribution is 2.39. The van der Waals surface area contributed by atoms with Crippen LogP contribution < -0.4 is 10.2 Å². The van der Waals surface area contributed by atoms with Gasteiger partial charge in [-0.2, -0.15) is 5.26 Å². The molecule has 3 heterocycles. The van der Waals surface area contributed by atoms with E-state index in [2.05, 4.69) is 52.4 Å². The van der Waals surface area contributed by atoms with Crippen molar-refractivity contribution in [2.24, 2.45) is 0 Å². The van der Waals surface area contributed by atoms with E-state index in [0.29, 0.717) is 44.2 Å². The van der Waals surface area contributed by atoms with Gasteiger partial charge in [-0.3, -0.25) is 9.88 Å². The Labute approximate surface area is 293 Å². The Balaban J connectivity index is 1.43. The summed E-state index contributed by atoms with van der Waals surface area (Å²) >= 11 is 12.9. The van der Waals surface area contributed by atoms with Crippen molar-refractivity contribution in [2.45, 2.75) is 51.2 Å². The number of hydrogen-bond donors (Lipinski definition) is 2. The van der Waals surface area contributed by atoms with Gasteiger partial charge in [-0.1, -0.05) is 40.5 Å². The molecule has 1 fully saturated rings. The van der Waals surface area contributed by atoms with Crippen LogP contribution in [0.5, 0.6) is 0 Å². The van der Waals surface area contributed by atoms with E-state index in [9.17, 15) is 19.6 Å². The molecule has 10 nitrogen and oxygen atoms in total. The van der Waals surface area contributed by atoms with Gasteiger partial charge < -0.3 is 15.3 Å². The van der Waals surface area contributed by atoms with Crippen molar-refractivity contribution in [3.05, 3.63) is 105 Å². The minimum Gasteiger partial charge on any atom is -0.478 e. The zero-order valence-corrected chi connectivity index (χ0v) is 29.0. The summed E-state index contributed by atoms with van der Waals surface area (Å²) in [7, 11) is 1.87. The summed E-state index contributed by atoms with van der Waals surface area (Å²) in [6, 6.07) is 16.3. The molecule has 0 saturated carbocycles. The lowest BCUT2D eigenvalue weighted by molar-refractivity contribution is 0.0696. The van der Waals surface area contributed by atoms with E-state index in [4.69, 9.17) is 23.2 Å². The topological polar surface area (TPSA) is 123 Å². The molecule has 1 aliphatic rings. The number of hydrogen-bond acceptors (Lipinski definition) is 8. The smallest absolute Gasteiger partial charge is 0.335 e. The average molecular weight is 702 g/mol. The van der Waals surface area contributed by atoms with Gasteiger partial charge in [0.1, 0.15) is 17.6 Å². The molecule has 252 valence electrons. The van der Waals surface area contributed by atoms with Crippen LogP contribution >= 0.6 is 23.2 Å². The molecular formula is C36H35Cl2FN8O2. The molecule has 0 radical (unpaired) electrons. The first kappa shape index (κ1) is 34.1. The van der Waals surface area contributed by atoms with Crippen molar-refractivity contribution in [2.75, 3.05) is 30.4 Å². The monoisotopic (exact) mass is 700 g/mol. The van der Waals surface area contributed by atoms with Crippen molar-refractivity contribution >= 4 is 57.1 Å². The van der Waals surface area contributed by atoms with Crippen molar-refractivity contribution < 1.29 is 14.3 Å². The number of aromatic carboxylic acids is 1. The van der Waals surface area contributed by atoms with Gasteiger partial charge in [0.05, 0.1) is 50.7 Å². The van der Waals surface area contributed by atoms with Crippen LogP contribution in [-0.2, 0) is 0 Å². The molecule has 2 aromatic heterocycles. The minimum absolute atomic E-state index is 0.0699. The molecule has 3 aromatic carbocycles. The molecule has 1 saturated heterocycles. The van der Waals surface area contributed by atoms with E-state index >= 15 is 0 Å². The fourth-order valence-corrected chi connectivity index (χ4v) is 6.81. The van der Waals surface area contributed by atoms with Crippen molar-refractivity contribution in [1.82, 2.24) is 24.9 Å². The summed E-state index contributed by atoms with van der Waals surface area (Å²) in [6.07, 6.45) is 5.22. The summed E-state index contributed by atoms with van der Waals surface area (Å²) in [4.78, 5) is 20.9. The zero-order chi connectivity index (χ0) is 35.0. The SMILES string of the molecule is CN(c1cc(Cl)c2ncc(C#N)c(Nc3ccc(F)c(Cl)c3)c2c1)[C@@H](c1cccc(C(=O)O)c1)c1cn(C2CCN(C(C)(C)C)CC2)nn1. The normalized spacial score (nSPS) is 14.8. The van der Waals surface area contributed by atoms with Gasteiger partial charge >= 0.3 is 5.97 Å². The average Bonchev–Trinajstić information content (AvgIpc) is 3.56. The Morgan fingerprint density at radius 2 is 1.88 bits per heavy atom. The molecule has 49 heavy (non-hydrogen) atoms. The molecule has 0 bridgehead atoms. The number of nitrogens with zero attached hydrogens (tertiary/aromatic N) is 7. The van der Waals surface area contributed by atoms with E-state index in [-0.39, 0.29) is 27.7 Å². The number of likely N-dealkylation sites (tertiary alicyclic amines) is 1. The van der Waals surface area contributed by atoms with E-state index in [1.165, 1.54) is 24.4 Å².